The molecule has 4 nitrogen and oxygen atoms in total. The van der Waals surface area contributed by atoms with Crippen LogP contribution in [0.3, 0.4) is 0 Å². The number of nitrogens with zero attached hydrogens (tertiary/aromatic N) is 1. The van der Waals surface area contributed by atoms with Gasteiger partial charge in [0, 0.05) is 12.0 Å². The number of rotatable bonds is 2. The minimum absolute atomic E-state index is 0.221. The van der Waals surface area contributed by atoms with Gasteiger partial charge in [-0.05, 0) is 23.3 Å². The van der Waals surface area contributed by atoms with E-state index in [0.29, 0.717) is 12.0 Å². The fraction of sp³-hybridized carbons (Fsp3) is 0.125. The molecule has 0 aromatic heterocycles. The fourth-order valence-corrected chi connectivity index (χ4v) is 2.37. The van der Waals surface area contributed by atoms with Gasteiger partial charge in [0.25, 0.3) is 5.91 Å². The van der Waals surface area contributed by atoms with Gasteiger partial charge in [0.15, 0.2) is 0 Å². The van der Waals surface area contributed by atoms with Crippen LogP contribution in [0.4, 0.5) is 0 Å². The Balaban J connectivity index is 1.74. The van der Waals surface area contributed by atoms with Gasteiger partial charge in [0.1, 0.15) is 0 Å². The first-order valence-electron chi connectivity index (χ1n) is 6.51. The van der Waals surface area contributed by atoms with Crippen LogP contribution < -0.4 is 11.2 Å². The number of nitrogens with one attached hydrogen (secondary N) is 1. The van der Waals surface area contributed by atoms with Crippen LogP contribution in [0.15, 0.2) is 59.7 Å². The molecule has 2 aromatic rings. The average molecular weight is 265 g/mol. The molecule has 0 fully saturated rings. The molecular formula is C16H15N3O. The van der Waals surface area contributed by atoms with Gasteiger partial charge in [-0.15, -0.1) is 0 Å². The normalized spacial score (nSPS) is 18.9. The molecule has 100 valence electrons. The lowest BCUT2D eigenvalue weighted by Gasteiger charge is -2.06. The first-order chi connectivity index (χ1) is 9.75. The number of fused-ring (bicyclic) bond motifs is 1. The SMILES string of the molecule is NC1/C(=N\NC(=O)c2ccccc2)Cc2ccccc21. The van der Waals surface area contributed by atoms with Gasteiger partial charge in [-0.25, -0.2) is 5.43 Å². The Kier molecular flexibility index (Phi) is 3.31. The second-order valence-electron chi connectivity index (χ2n) is 4.76. The smallest absolute Gasteiger partial charge is 0.271 e. The van der Waals surface area contributed by atoms with E-state index < -0.39 is 0 Å². The monoisotopic (exact) mass is 265 g/mol. The largest absolute Gasteiger partial charge is 0.319 e. The molecule has 0 saturated carbocycles. The molecule has 0 radical (unpaired) electrons. The van der Waals surface area contributed by atoms with Crippen LogP contribution in [-0.4, -0.2) is 11.6 Å². The van der Waals surface area contributed by atoms with E-state index in [0.717, 1.165) is 11.3 Å². The fourth-order valence-electron chi connectivity index (χ4n) is 2.37. The topological polar surface area (TPSA) is 67.5 Å². The zero-order valence-electron chi connectivity index (χ0n) is 10.9. The highest BCUT2D eigenvalue weighted by Gasteiger charge is 2.25. The number of hydrazone groups is 1. The van der Waals surface area contributed by atoms with Crippen molar-refractivity contribution in [2.75, 3.05) is 0 Å². The number of hydrogen-bond acceptors (Lipinski definition) is 3. The van der Waals surface area contributed by atoms with Crippen molar-refractivity contribution >= 4 is 11.6 Å². The molecule has 1 atom stereocenters. The van der Waals surface area contributed by atoms with Gasteiger partial charge in [0.05, 0.1) is 11.8 Å². The average Bonchev–Trinajstić information content (AvgIpc) is 2.83. The van der Waals surface area contributed by atoms with Crippen molar-refractivity contribution in [1.29, 1.82) is 0 Å². The molecule has 0 saturated heterocycles. The summed E-state index contributed by atoms with van der Waals surface area (Å²) in [6.07, 6.45) is 0.687. The van der Waals surface area contributed by atoms with Crippen LogP contribution in [0.5, 0.6) is 0 Å². The molecule has 1 unspecified atom stereocenters. The molecule has 3 N–H and O–H groups in total. The number of nitrogens with two attached hydrogens (primary N) is 1. The highest BCUT2D eigenvalue weighted by Crippen LogP contribution is 2.26. The third-order valence-electron chi connectivity index (χ3n) is 3.46. The van der Waals surface area contributed by atoms with Crippen molar-refractivity contribution in [3.05, 3.63) is 71.3 Å². The zero-order valence-corrected chi connectivity index (χ0v) is 10.9. The van der Waals surface area contributed by atoms with Crippen molar-refractivity contribution in [3.8, 4) is 0 Å². The lowest BCUT2D eigenvalue weighted by molar-refractivity contribution is 0.0954. The Bertz CT molecular complexity index is 664. The van der Waals surface area contributed by atoms with E-state index in [4.69, 9.17) is 5.73 Å². The van der Waals surface area contributed by atoms with Crippen molar-refractivity contribution in [2.24, 2.45) is 10.8 Å². The predicted octanol–water partition coefficient (Wildman–Crippen LogP) is 2.03. The van der Waals surface area contributed by atoms with E-state index in [-0.39, 0.29) is 11.9 Å². The van der Waals surface area contributed by atoms with Crippen LogP contribution in [0.2, 0.25) is 0 Å². The Hall–Kier alpha value is -2.46. The summed E-state index contributed by atoms with van der Waals surface area (Å²) >= 11 is 0. The lowest BCUT2D eigenvalue weighted by Crippen LogP contribution is -2.24. The highest BCUT2D eigenvalue weighted by atomic mass is 16.2. The molecule has 0 spiro atoms. The van der Waals surface area contributed by atoms with Crippen molar-refractivity contribution in [3.63, 3.8) is 0 Å². The maximum atomic E-state index is 11.9. The van der Waals surface area contributed by atoms with Gasteiger partial charge < -0.3 is 5.73 Å². The molecule has 3 rings (SSSR count). The summed E-state index contributed by atoms with van der Waals surface area (Å²) in [5.74, 6) is -0.221. The number of benzene rings is 2. The number of carbonyl (C=O) groups excluding carboxylic acids is 1. The minimum atomic E-state index is -0.234. The summed E-state index contributed by atoms with van der Waals surface area (Å²) in [7, 11) is 0. The van der Waals surface area contributed by atoms with Crippen LogP contribution >= 0.6 is 0 Å². The maximum absolute atomic E-state index is 11.9. The lowest BCUT2D eigenvalue weighted by atomic mass is 10.1. The van der Waals surface area contributed by atoms with E-state index in [2.05, 4.69) is 10.5 Å². The Morgan fingerprint density at radius 1 is 1.10 bits per heavy atom. The second kappa shape index (κ2) is 5.27. The standard InChI is InChI=1S/C16H15N3O/c17-15-13-9-5-4-8-12(13)10-14(15)18-19-16(20)11-6-2-1-3-7-11/h1-9,15H,10,17H2,(H,19,20)/b18-14-. The van der Waals surface area contributed by atoms with Gasteiger partial charge >= 0.3 is 0 Å². The Labute approximate surface area is 117 Å². The summed E-state index contributed by atoms with van der Waals surface area (Å²) in [4.78, 5) is 11.9. The summed E-state index contributed by atoms with van der Waals surface area (Å²) in [5.41, 5.74) is 12.3. The van der Waals surface area contributed by atoms with E-state index >= 15 is 0 Å². The van der Waals surface area contributed by atoms with Crippen LogP contribution in [0.1, 0.15) is 27.5 Å². The molecule has 20 heavy (non-hydrogen) atoms. The molecule has 1 amide bonds. The van der Waals surface area contributed by atoms with E-state index in [1.807, 2.05) is 42.5 Å². The van der Waals surface area contributed by atoms with Gasteiger partial charge in [-0.2, -0.15) is 5.10 Å². The van der Waals surface area contributed by atoms with E-state index in [1.165, 1.54) is 5.56 Å². The van der Waals surface area contributed by atoms with E-state index in [9.17, 15) is 4.79 Å². The zero-order chi connectivity index (χ0) is 13.9. The number of amides is 1. The third kappa shape index (κ3) is 2.33. The molecule has 0 heterocycles. The highest BCUT2D eigenvalue weighted by molar-refractivity contribution is 5.99. The third-order valence-corrected chi connectivity index (χ3v) is 3.46. The number of carbonyl (C=O) groups is 1. The van der Waals surface area contributed by atoms with Gasteiger partial charge in [-0.3, -0.25) is 4.79 Å². The molecule has 0 bridgehead atoms. The maximum Gasteiger partial charge on any atom is 0.271 e. The molecule has 4 heteroatoms. The minimum Gasteiger partial charge on any atom is -0.319 e. The van der Waals surface area contributed by atoms with Crippen LogP contribution in [-0.2, 0) is 6.42 Å². The van der Waals surface area contributed by atoms with Crippen LogP contribution in [0, 0.1) is 0 Å². The van der Waals surface area contributed by atoms with Crippen molar-refractivity contribution < 1.29 is 4.79 Å². The first-order valence-corrected chi connectivity index (χ1v) is 6.51. The predicted molar refractivity (Wildman–Crippen MR) is 78.4 cm³/mol. The second-order valence-corrected chi connectivity index (χ2v) is 4.76. The quantitative estimate of drug-likeness (QED) is 0.816. The van der Waals surface area contributed by atoms with Crippen molar-refractivity contribution in [1.82, 2.24) is 5.43 Å². The van der Waals surface area contributed by atoms with Gasteiger partial charge in [-0.1, -0.05) is 42.5 Å². The number of hydrogen-bond donors (Lipinski definition) is 2. The molecule has 1 aliphatic carbocycles. The van der Waals surface area contributed by atoms with Crippen molar-refractivity contribution in [2.45, 2.75) is 12.5 Å². The van der Waals surface area contributed by atoms with Crippen LogP contribution in [0.25, 0.3) is 0 Å². The summed E-state index contributed by atoms with van der Waals surface area (Å²) in [6, 6.07) is 16.8. The van der Waals surface area contributed by atoms with E-state index in [1.54, 1.807) is 12.1 Å². The first kappa shape index (κ1) is 12.6. The van der Waals surface area contributed by atoms with Gasteiger partial charge in [0.2, 0.25) is 0 Å². The summed E-state index contributed by atoms with van der Waals surface area (Å²) in [6.45, 7) is 0. The molecule has 2 aromatic carbocycles. The molecular weight excluding hydrogens is 250 g/mol. The summed E-state index contributed by atoms with van der Waals surface area (Å²) in [5, 5.41) is 4.19. The summed E-state index contributed by atoms with van der Waals surface area (Å²) < 4.78 is 0. The Morgan fingerprint density at radius 2 is 1.80 bits per heavy atom. The molecule has 0 aliphatic heterocycles. The molecule has 1 aliphatic rings. The Morgan fingerprint density at radius 3 is 2.55 bits per heavy atom.